The molecule has 1 unspecified atom stereocenters. The Hall–Kier alpha value is -1.21. The minimum absolute atomic E-state index is 0.305. The molecule has 0 aliphatic heterocycles. The van der Waals surface area contributed by atoms with Crippen molar-refractivity contribution in [1.29, 1.82) is 0 Å². The maximum Gasteiger partial charge on any atom is 0.261 e. The first-order valence-electron chi connectivity index (χ1n) is 6.08. The molecule has 0 heterocycles. The number of halogens is 3. The van der Waals surface area contributed by atoms with Crippen LogP contribution in [0.4, 0.5) is 8.78 Å². The van der Waals surface area contributed by atoms with E-state index in [1.807, 2.05) is 20.8 Å². The van der Waals surface area contributed by atoms with E-state index in [1.165, 1.54) is 0 Å². The van der Waals surface area contributed by atoms with Gasteiger partial charge in [-0.05, 0) is 24.5 Å². The predicted octanol–water partition coefficient (Wildman–Crippen LogP) is 3.06. The van der Waals surface area contributed by atoms with Crippen LogP contribution in [-0.2, 0) is 9.05 Å². The Labute approximate surface area is 126 Å². The summed E-state index contributed by atoms with van der Waals surface area (Å²) >= 11 is 0. The van der Waals surface area contributed by atoms with Crippen molar-refractivity contribution in [2.45, 2.75) is 38.6 Å². The molecule has 1 rings (SSSR count). The molecule has 0 saturated heterocycles. The van der Waals surface area contributed by atoms with Gasteiger partial charge in [-0.1, -0.05) is 20.8 Å². The summed E-state index contributed by atoms with van der Waals surface area (Å²) < 4.78 is 49.5. The normalized spacial score (nSPS) is 13.9. The van der Waals surface area contributed by atoms with Gasteiger partial charge in [0.1, 0.15) is 0 Å². The zero-order valence-corrected chi connectivity index (χ0v) is 13.6. The summed E-state index contributed by atoms with van der Waals surface area (Å²) in [7, 11) is 0.820. The fourth-order valence-electron chi connectivity index (χ4n) is 1.36. The Morgan fingerprint density at radius 3 is 2.24 bits per heavy atom. The van der Waals surface area contributed by atoms with Crippen molar-refractivity contribution in [1.82, 2.24) is 5.32 Å². The standard InChI is InChI=1S/C13H16ClF2NO3S/c1-7(13(2,3)4)17-12(18)9-5-8(21(14,19)20)6-10(15)11(9)16/h5-7H,1-4H3,(H,17,18). The molecule has 0 bridgehead atoms. The molecule has 8 heteroatoms. The fraction of sp³-hybridized carbons (Fsp3) is 0.462. The second-order valence-corrected chi connectivity index (χ2v) is 8.33. The molecular formula is C13H16ClF2NO3S. The summed E-state index contributed by atoms with van der Waals surface area (Å²) in [5.74, 6) is -3.78. The zero-order chi connectivity index (χ0) is 16.6. The van der Waals surface area contributed by atoms with E-state index in [0.29, 0.717) is 12.1 Å². The molecular weight excluding hydrogens is 324 g/mol. The van der Waals surface area contributed by atoms with Gasteiger partial charge in [0.05, 0.1) is 10.5 Å². The quantitative estimate of drug-likeness (QED) is 0.861. The van der Waals surface area contributed by atoms with E-state index in [0.717, 1.165) is 0 Å². The van der Waals surface area contributed by atoms with Crippen molar-refractivity contribution in [3.8, 4) is 0 Å². The van der Waals surface area contributed by atoms with Gasteiger partial charge in [-0.25, -0.2) is 17.2 Å². The number of amides is 1. The minimum Gasteiger partial charge on any atom is -0.349 e. The van der Waals surface area contributed by atoms with Gasteiger partial charge in [0.2, 0.25) is 0 Å². The SMILES string of the molecule is CC(NC(=O)c1cc(S(=O)(=O)Cl)cc(F)c1F)C(C)(C)C. The molecule has 0 aromatic heterocycles. The number of hydrogen-bond acceptors (Lipinski definition) is 3. The summed E-state index contributed by atoms with van der Waals surface area (Å²) in [4.78, 5) is 11.3. The summed E-state index contributed by atoms with van der Waals surface area (Å²) in [6.07, 6.45) is 0. The van der Waals surface area contributed by atoms with Crippen LogP contribution in [0.25, 0.3) is 0 Å². The molecule has 1 atom stereocenters. The predicted molar refractivity (Wildman–Crippen MR) is 75.8 cm³/mol. The molecule has 0 aliphatic rings. The molecule has 1 amide bonds. The summed E-state index contributed by atoms with van der Waals surface area (Å²) in [5, 5.41) is 2.50. The molecule has 1 N–H and O–H groups in total. The lowest BCUT2D eigenvalue weighted by Gasteiger charge is -2.28. The van der Waals surface area contributed by atoms with Gasteiger partial charge in [0.15, 0.2) is 11.6 Å². The zero-order valence-electron chi connectivity index (χ0n) is 12.0. The van der Waals surface area contributed by atoms with Crippen molar-refractivity contribution in [3.63, 3.8) is 0 Å². The topological polar surface area (TPSA) is 63.2 Å². The third-order valence-corrected chi connectivity index (χ3v) is 4.51. The van der Waals surface area contributed by atoms with Crippen LogP contribution in [0.5, 0.6) is 0 Å². The third kappa shape index (κ3) is 4.38. The van der Waals surface area contributed by atoms with Crippen LogP contribution in [0.2, 0.25) is 0 Å². The Balaban J connectivity index is 3.24. The average Bonchev–Trinajstić information content (AvgIpc) is 2.29. The molecule has 0 radical (unpaired) electrons. The first-order valence-corrected chi connectivity index (χ1v) is 8.39. The molecule has 0 saturated carbocycles. The third-order valence-electron chi connectivity index (χ3n) is 3.17. The molecule has 1 aromatic rings. The van der Waals surface area contributed by atoms with E-state index >= 15 is 0 Å². The summed E-state index contributed by atoms with van der Waals surface area (Å²) in [6.45, 7) is 7.27. The summed E-state index contributed by atoms with van der Waals surface area (Å²) in [5.41, 5.74) is -1.01. The van der Waals surface area contributed by atoms with Crippen LogP contribution in [-0.4, -0.2) is 20.4 Å². The molecule has 118 valence electrons. The van der Waals surface area contributed by atoms with Gasteiger partial charge in [-0.15, -0.1) is 0 Å². The highest BCUT2D eigenvalue weighted by Gasteiger charge is 2.26. The van der Waals surface area contributed by atoms with Gasteiger partial charge in [-0.3, -0.25) is 4.79 Å². The van der Waals surface area contributed by atoms with E-state index in [9.17, 15) is 22.0 Å². The van der Waals surface area contributed by atoms with Crippen LogP contribution in [0.3, 0.4) is 0 Å². The smallest absolute Gasteiger partial charge is 0.261 e. The van der Waals surface area contributed by atoms with Crippen LogP contribution >= 0.6 is 10.7 Å². The van der Waals surface area contributed by atoms with E-state index < -0.39 is 37.1 Å². The Morgan fingerprint density at radius 2 is 1.81 bits per heavy atom. The van der Waals surface area contributed by atoms with Gasteiger partial charge >= 0.3 is 0 Å². The van der Waals surface area contributed by atoms with Crippen molar-refractivity contribution < 1.29 is 22.0 Å². The molecule has 21 heavy (non-hydrogen) atoms. The molecule has 1 aromatic carbocycles. The van der Waals surface area contributed by atoms with Crippen molar-refractivity contribution in [2.75, 3.05) is 0 Å². The first-order chi connectivity index (χ1) is 9.34. The van der Waals surface area contributed by atoms with Crippen LogP contribution in [0, 0.1) is 17.0 Å². The molecule has 0 fully saturated rings. The monoisotopic (exact) mass is 339 g/mol. The van der Waals surface area contributed by atoms with Gasteiger partial charge in [-0.2, -0.15) is 0 Å². The van der Waals surface area contributed by atoms with E-state index in [-0.39, 0.29) is 11.5 Å². The fourth-order valence-corrected chi connectivity index (χ4v) is 2.13. The summed E-state index contributed by atoms with van der Waals surface area (Å²) in [6, 6.07) is 0.802. The second kappa shape index (κ2) is 5.88. The maximum absolute atomic E-state index is 13.7. The average molecular weight is 340 g/mol. The highest BCUT2D eigenvalue weighted by Crippen LogP contribution is 2.23. The lowest BCUT2D eigenvalue weighted by molar-refractivity contribution is 0.0904. The van der Waals surface area contributed by atoms with Crippen LogP contribution in [0.1, 0.15) is 38.1 Å². The number of benzene rings is 1. The van der Waals surface area contributed by atoms with Crippen molar-refractivity contribution >= 4 is 25.6 Å². The number of rotatable bonds is 3. The minimum atomic E-state index is -4.27. The second-order valence-electron chi connectivity index (χ2n) is 5.77. The molecule has 0 spiro atoms. The van der Waals surface area contributed by atoms with E-state index in [2.05, 4.69) is 5.32 Å². The Bertz CT molecular complexity index is 669. The van der Waals surface area contributed by atoms with Crippen LogP contribution < -0.4 is 5.32 Å². The lowest BCUT2D eigenvalue weighted by atomic mass is 9.88. The number of hydrogen-bond donors (Lipinski definition) is 1. The van der Waals surface area contributed by atoms with Crippen molar-refractivity contribution in [3.05, 3.63) is 29.3 Å². The van der Waals surface area contributed by atoms with E-state index in [1.54, 1.807) is 6.92 Å². The first kappa shape index (κ1) is 17.8. The largest absolute Gasteiger partial charge is 0.349 e. The number of carbonyl (C=O) groups is 1. The highest BCUT2D eigenvalue weighted by atomic mass is 35.7. The van der Waals surface area contributed by atoms with Gasteiger partial charge < -0.3 is 5.32 Å². The number of carbonyl (C=O) groups excluding carboxylic acids is 1. The lowest BCUT2D eigenvalue weighted by Crippen LogP contribution is -2.41. The Kier molecular flexibility index (Phi) is 5.00. The van der Waals surface area contributed by atoms with Crippen LogP contribution in [0.15, 0.2) is 17.0 Å². The van der Waals surface area contributed by atoms with E-state index in [4.69, 9.17) is 10.7 Å². The Morgan fingerprint density at radius 1 is 1.29 bits per heavy atom. The van der Waals surface area contributed by atoms with Gasteiger partial charge in [0, 0.05) is 16.7 Å². The molecule has 4 nitrogen and oxygen atoms in total. The maximum atomic E-state index is 13.7. The van der Waals surface area contributed by atoms with Gasteiger partial charge in [0.25, 0.3) is 15.0 Å². The highest BCUT2D eigenvalue weighted by molar-refractivity contribution is 8.13. The molecule has 0 aliphatic carbocycles. The number of nitrogens with one attached hydrogen (secondary N) is 1. The van der Waals surface area contributed by atoms with Crippen molar-refractivity contribution in [2.24, 2.45) is 5.41 Å².